The van der Waals surface area contributed by atoms with Crippen molar-refractivity contribution >= 4 is 68.7 Å². The van der Waals surface area contributed by atoms with Crippen molar-refractivity contribution < 1.29 is 47.1 Å². The number of halogens is 1. The highest BCUT2D eigenvalue weighted by Crippen LogP contribution is 2.26. The van der Waals surface area contributed by atoms with Gasteiger partial charge < -0.3 is 42.3 Å². The van der Waals surface area contributed by atoms with Crippen LogP contribution in [0.4, 0.5) is 5.69 Å². The average Bonchev–Trinajstić information content (AvgIpc) is 3.66. The van der Waals surface area contributed by atoms with Gasteiger partial charge in [0.15, 0.2) is 0 Å². The number of carbonyl (C=O) groups is 7. The third-order valence-electron chi connectivity index (χ3n) is 10.5. The number of carboxylic acid groups (broad SMARTS) is 1. The lowest BCUT2D eigenvalue weighted by Crippen LogP contribution is -2.59. The Morgan fingerprint density at radius 1 is 0.934 bits per heavy atom. The summed E-state index contributed by atoms with van der Waals surface area (Å²) < 4.78 is 28.4. The smallest absolute Gasteiger partial charge is 0.321 e. The van der Waals surface area contributed by atoms with E-state index in [0.29, 0.717) is 36.4 Å². The molecule has 0 radical (unpaired) electrons. The first-order valence-corrected chi connectivity index (χ1v) is 22.1. The number of amides is 6. The molecule has 1 heterocycles. The lowest BCUT2D eigenvalue weighted by molar-refractivity contribution is -0.149. The maximum atomic E-state index is 14.2. The van der Waals surface area contributed by atoms with Gasteiger partial charge in [0, 0.05) is 48.7 Å². The van der Waals surface area contributed by atoms with E-state index in [9.17, 15) is 47.1 Å². The van der Waals surface area contributed by atoms with E-state index in [1.165, 1.54) is 48.3 Å². The van der Waals surface area contributed by atoms with Crippen LogP contribution < -0.4 is 32.1 Å². The highest BCUT2D eigenvalue weighted by molar-refractivity contribution is 7.89. The number of hydrogen-bond acceptors (Lipinski definition) is 10. The van der Waals surface area contributed by atoms with Gasteiger partial charge in [-0.1, -0.05) is 45.7 Å². The predicted molar refractivity (Wildman–Crippen MR) is 228 cm³/mol. The third-order valence-corrected chi connectivity index (χ3v) is 12.3. The molecule has 0 aliphatic carbocycles. The quantitative estimate of drug-likeness (QED) is 0.0850. The number of nitrogens with one attached hydrogen (secondary N) is 4. The van der Waals surface area contributed by atoms with Crippen molar-refractivity contribution in [3.05, 3.63) is 59.1 Å². The van der Waals surface area contributed by atoms with Gasteiger partial charge >= 0.3 is 5.97 Å². The first-order chi connectivity index (χ1) is 28.7. The molecule has 1 saturated heterocycles. The molecule has 6 atom stereocenters. The van der Waals surface area contributed by atoms with Crippen molar-refractivity contribution in [1.29, 1.82) is 0 Å². The normalized spacial score (nSPS) is 16.5. The summed E-state index contributed by atoms with van der Waals surface area (Å²) in [6.07, 6.45) is 0.998. The number of benzene rings is 2. The number of nitrogens with two attached hydrogens (primary N) is 2. The Bertz CT molecular complexity index is 1980. The summed E-state index contributed by atoms with van der Waals surface area (Å²) in [5.41, 5.74) is 11.8. The Morgan fingerprint density at radius 3 is 2.13 bits per heavy atom. The number of aliphatic carboxylic acids is 1. The molecule has 1 fully saturated rings. The molecule has 0 spiro atoms. The van der Waals surface area contributed by atoms with Gasteiger partial charge in [-0.25, -0.2) is 8.42 Å². The van der Waals surface area contributed by atoms with Crippen molar-refractivity contribution in [1.82, 2.24) is 25.2 Å². The van der Waals surface area contributed by atoms with Gasteiger partial charge in [0.1, 0.15) is 24.2 Å². The molecule has 336 valence electrons. The molecular weight excluding hydrogens is 832 g/mol. The van der Waals surface area contributed by atoms with Crippen LogP contribution in [0.5, 0.6) is 0 Å². The molecule has 61 heavy (non-hydrogen) atoms. The van der Waals surface area contributed by atoms with Crippen molar-refractivity contribution in [2.75, 3.05) is 25.5 Å². The molecule has 3 rings (SSSR count). The zero-order valence-corrected chi connectivity index (χ0v) is 36.8. The maximum Gasteiger partial charge on any atom is 0.321 e. The number of nitrogens with zero attached hydrogens (tertiary/aromatic N) is 2. The van der Waals surface area contributed by atoms with E-state index in [1.54, 1.807) is 17.0 Å². The average molecular weight is 891 g/mol. The number of primary amides is 1. The standard InChI is InChI=1S/C41H59ClN8O10S/c1-6-25(4)36(40(56)50-21-7-8-29(50)23-34(44)51)49(5)39(55)33(22-24(2)3)47-38(54)31(19-20-43)46-35(52)18-17-32(41(57)58)48-61(59,60)30-15-13-28(14-16-30)45-37(53)26-9-11-27(42)12-10-26/h9-16,24-25,29,31-33,36,48H,6-8,17-23,43H2,1-5H3,(H2,44,51)(H,45,53)(H,46,52)(H,47,54)(H,57,58)/t25-,29-,31-,32+,33-,36-/m0/s1. The largest absolute Gasteiger partial charge is 0.480 e. The van der Waals surface area contributed by atoms with Crippen molar-refractivity contribution in [2.45, 2.75) is 114 Å². The summed E-state index contributed by atoms with van der Waals surface area (Å²) in [6, 6.07) is 5.76. The molecular formula is C41H59ClN8O10S. The molecule has 0 aromatic heterocycles. The van der Waals surface area contributed by atoms with E-state index < -0.39 is 82.5 Å². The van der Waals surface area contributed by atoms with Gasteiger partial charge in [0.05, 0.1) is 4.90 Å². The molecule has 2 aromatic carbocycles. The highest BCUT2D eigenvalue weighted by atomic mass is 35.5. The Hall–Kier alpha value is -5.11. The molecule has 18 nitrogen and oxygen atoms in total. The van der Waals surface area contributed by atoms with Crippen molar-refractivity contribution in [3.63, 3.8) is 0 Å². The lowest BCUT2D eigenvalue weighted by Gasteiger charge is -2.38. The highest BCUT2D eigenvalue weighted by Gasteiger charge is 2.41. The van der Waals surface area contributed by atoms with Crippen LogP contribution in [0.3, 0.4) is 0 Å². The Balaban J connectivity index is 1.68. The van der Waals surface area contributed by atoms with Crippen LogP contribution in [0.1, 0.15) is 89.4 Å². The number of rotatable bonds is 23. The zero-order valence-electron chi connectivity index (χ0n) is 35.2. The molecule has 2 aromatic rings. The SMILES string of the molecule is CC[C@H](C)[C@@H](C(=O)N1CCC[C@H]1CC(N)=O)N(C)C(=O)[C@H](CC(C)C)NC(=O)[C@H](CCN)NC(=O)CC[C@@H](NS(=O)(=O)c1ccc(NC(=O)c2ccc(Cl)cc2)cc1)C(=O)O. The Labute approximate surface area is 361 Å². The summed E-state index contributed by atoms with van der Waals surface area (Å²) in [4.78, 5) is 94.0. The molecule has 6 amide bonds. The summed E-state index contributed by atoms with van der Waals surface area (Å²) in [6.45, 7) is 7.82. The minimum atomic E-state index is -4.42. The van der Waals surface area contributed by atoms with Crippen LogP contribution >= 0.6 is 11.6 Å². The summed E-state index contributed by atoms with van der Waals surface area (Å²) in [5, 5.41) is 18.2. The molecule has 20 heteroatoms. The molecule has 1 aliphatic rings. The van der Waals surface area contributed by atoms with E-state index in [1.807, 2.05) is 27.7 Å². The number of carbonyl (C=O) groups excluding carboxylic acids is 6. The molecule has 0 bridgehead atoms. The van der Waals surface area contributed by atoms with Crippen LogP contribution in [0.25, 0.3) is 0 Å². The Morgan fingerprint density at radius 2 is 1.57 bits per heavy atom. The van der Waals surface area contributed by atoms with Gasteiger partial charge in [-0.15, -0.1) is 0 Å². The second kappa shape index (κ2) is 23.2. The number of sulfonamides is 1. The van der Waals surface area contributed by atoms with Gasteiger partial charge in [-0.3, -0.25) is 33.6 Å². The van der Waals surface area contributed by atoms with Crippen LogP contribution in [0.15, 0.2) is 53.4 Å². The van der Waals surface area contributed by atoms with E-state index in [0.717, 1.165) is 0 Å². The fourth-order valence-electron chi connectivity index (χ4n) is 7.09. The van der Waals surface area contributed by atoms with E-state index in [-0.39, 0.29) is 60.2 Å². The number of hydrogen-bond donors (Lipinski definition) is 7. The van der Waals surface area contributed by atoms with E-state index in [4.69, 9.17) is 23.1 Å². The maximum absolute atomic E-state index is 14.2. The lowest BCUT2D eigenvalue weighted by atomic mass is 9.94. The monoisotopic (exact) mass is 890 g/mol. The van der Waals surface area contributed by atoms with E-state index in [2.05, 4.69) is 20.7 Å². The van der Waals surface area contributed by atoms with Crippen LogP contribution in [-0.2, 0) is 38.8 Å². The number of likely N-dealkylation sites (tertiary alicyclic amines) is 1. The van der Waals surface area contributed by atoms with E-state index >= 15 is 0 Å². The predicted octanol–water partition coefficient (Wildman–Crippen LogP) is 2.21. The van der Waals surface area contributed by atoms with Gasteiger partial charge in [0.25, 0.3) is 5.91 Å². The Kier molecular flexibility index (Phi) is 19.1. The third kappa shape index (κ3) is 14.8. The van der Waals surface area contributed by atoms with Crippen LogP contribution in [-0.4, -0.2) is 115 Å². The fraction of sp³-hybridized carbons (Fsp3) is 0.537. The van der Waals surface area contributed by atoms with Gasteiger partial charge in [0.2, 0.25) is 39.6 Å². The van der Waals surface area contributed by atoms with Gasteiger partial charge in [-0.2, -0.15) is 4.72 Å². The second-order valence-corrected chi connectivity index (χ2v) is 17.9. The molecule has 0 unspecified atom stereocenters. The molecule has 9 N–H and O–H groups in total. The van der Waals surface area contributed by atoms with Crippen LogP contribution in [0, 0.1) is 11.8 Å². The fourth-order valence-corrected chi connectivity index (χ4v) is 8.44. The second-order valence-electron chi connectivity index (χ2n) is 15.7. The summed E-state index contributed by atoms with van der Waals surface area (Å²) >= 11 is 5.87. The zero-order chi connectivity index (χ0) is 45.6. The van der Waals surface area contributed by atoms with Crippen molar-refractivity contribution in [3.8, 4) is 0 Å². The minimum absolute atomic E-state index is 0.00825. The molecule has 0 saturated carbocycles. The first-order valence-electron chi connectivity index (χ1n) is 20.3. The van der Waals surface area contributed by atoms with Crippen LogP contribution in [0.2, 0.25) is 5.02 Å². The first kappa shape index (κ1) is 50.2. The number of anilines is 1. The molecule has 1 aliphatic heterocycles. The topological polar surface area (TPSA) is 280 Å². The van der Waals surface area contributed by atoms with Crippen molar-refractivity contribution in [2.24, 2.45) is 23.3 Å². The number of likely N-dealkylation sites (N-methyl/N-ethyl adjacent to an activating group) is 1. The minimum Gasteiger partial charge on any atom is -0.480 e. The summed E-state index contributed by atoms with van der Waals surface area (Å²) in [5.74, 6) is -5.27. The van der Waals surface area contributed by atoms with Gasteiger partial charge in [-0.05, 0) is 99.0 Å². The number of carboxylic acids is 1. The summed E-state index contributed by atoms with van der Waals surface area (Å²) in [7, 11) is -2.92.